The van der Waals surface area contributed by atoms with E-state index < -0.39 is 0 Å². The zero-order chi connectivity index (χ0) is 11.5. The van der Waals surface area contributed by atoms with Crippen LogP contribution in [0.5, 0.6) is 0 Å². The minimum Gasteiger partial charge on any atom is -0.316 e. The highest BCUT2D eigenvalue weighted by molar-refractivity contribution is 5.91. The molecular formula is C10H15N5O. The van der Waals surface area contributed by atoms with Gasteiger partial charge in [-0.15, -0.1) is 5.10 Å². The fourth-order valence-corrected chi connectivity index (χ4v) is 1.60. The molecule has 16 heavy (non-hydrogen) atoms. The first-order valence-electron chi connectivity index (χ1n) is 5.36. The van der Waals surface area contributed by atoms with Gasteiger partial charge in [0.25, 0.3) is 0 Å². The lowest BCUT2D eigenvalue weighted by Gasteiger charge is -2.08. The topological polar surface area (TPSA) is 79.8 Å². The van der Waals surface area contributed by atoms with E-state index in [0.29, 0.717) is 5.95 Å². The second kappa shape index (κ2) is 4.52. The van der Waals surface area contributed by atoms with Gasteiger partial charge in [0.15, 0.2) is 0 Å². The van der Waals surface area contributed by atoms with Crippen LogP contribution in [0, 0.1) is 19.8 Å². The number of anilines is 1. The van der Waals surface area contributed by atoms with E-state index in [1.165, 1.54) is 0 Å². The standard InChI is InChI=1S/C10H15N5O/c1-6-7(2)14-15-10(12-6)13-9(16)8-3-4-11-5-8/h8,11H,3-5H2,1-2H3,(H,12,13,15,16). The summed E-state index contributed by atoms with van der Waals surface area (Å²) in [6.45, 7) is 5.30. The summed E-state index contributed by atoms with van der Waals surface area (Å²) in [5.41, 5.74) is 1.57. The molecule has 1 saturated heterocycles. The van der Waals surface area contributed by atoms with Gasteiger partial charge in [-0.05, 0) is 26.8 Å². The first-order chi connectivity index (χ1) is 7.66. The van der Waals surface area contributed by atoms with Gasteiger partial charge in [-0.2, -0.15) is 5.10 Å². The van der Waals surface area contributed by atoms with Crippen molar-refractivity contribution in [1.29, 1.82) is 0 Å². The largest absolute Gasteiger partial charge is 0.316 e. The van der Waals surface area contributed by atoms with Gasteiger partial charge in [0.2, 0.25) is 11.9 Å². The number of nitrogens with one attached hydrogen (secondary N) is 2. The summed E-state index contributed by atoms with van der Waals surface area (Å²) in [6, 6.07) is 0. The number of carbonyl (C=O) groups excluding carboxylic acids is 1. The van der Waals surface area contributed by atoms with E-state index in [1.54, 1.807) is 0 Å². The number of aryl methyl sites for hydroxylation is 2. The highest BCUT2D eigenvalue weighted by Crippen LogP contribution is 2.10. The predicted molar refractivity (Wildman–Crippen MR) is 58.9 cm³/mol. The van der Waals surface area contributed by atoms with Gasteiger partial charge in [0.05, 0.1) is 17.3 Å². The molecule has 1 aromatic rings. The van der Waals surface area contributed by atoms with Crippen LogP contribution in [0.25, 0.3) is 0 Å². The van der Waals surface area contributed by atoms with Crippen molar-refractivity contribution in [3.8, 4) is 0 Å². The van der Waals surface area contributed by atoms with Gasteiger partial charge in [0, 0.05) is 6.54 Å². The number of carbonyl (C=O) groups is 1. The summed E-state index contributed by atoms with van der Waals surface area (Å²) in [7, 11) is 0. The Kier molecular flexibility index (Phi) is 3.09. The Hall–Kier alpha value is -1.56. The lowest BCUT2D eigenvalue weighted by atomic mass is 10.1. The SMILES string of the molecule is Cc1nnc(NC(=O)C2CCNC2)nc1C. The first-order valence-corrected chi connectivity index (χ1v) is 5.36. The fourth-order valence-electron chi connectivity index (χ4n) is 1.60. The van der Waals surface area contributed by atoms with E-state index in [2.05, 4.69) is 25.8 Å². The van der Waals surface area contributed by atoms with Crippen LogP contribution in [0.15, 0.2) is 0 Å². The smallest absolute Gasteiger partial charge is 0.249 e. The van der Waals surface area contributed by atoms with Crippen LogP contribution in [0.2, 0.25) is 0 Å². The Morgan fingerprint density at radius 2 is 2.19 bits per heavy atom. The van der Waals surface area contributed by atoms with E-state index >= 15 is 0 Å². The quantitative estimate of drug-likeness (QED) is 0.737. The Morgan fingerprint density at radius 3 is 2.81 bits per heavy atom. The number of amides is 1. The molecule has 0 bridgehead atoms. The van der Waals surface area contributed by atoms with Crippen molar-refractivity contribution >= 4 is 11.9 Å². The average Bonchev–Trinajstić information content (AvgIpc) is 2.77. The highest BCUT2D eigenvalue weighted by Gasteiger charge is 2.23. The first kappa shape index (κ1) is 10.9. The molecule has 86 valence electrons. The van der Waals surface area contributed by atoms with Gasteiger partial charge < -0.3 is 5.32 Å². The number of aromatic nitrogens is 3. The summed E-state index contributed by atoms with van der Waals surface area (Å²) in [5, 5.41) is 13.6. The molecule has 1 atom stereocenters. The summed E-state index contributed by atoms with van der Waals surface area (Å²) >= 11 is 0. The Labute approximate surface area is 93.9 Å². The van der Waals surface area contributed by atoms with Crippen molar-refractivity contribution in [2.75, 3.05) is 18.4 Å². The second-order valence-electron chi connectivity index (χ2n) is 3.99. The number of nitrogens with zero attached hydrogens (tertiary/aromatic N) is 3. The maximum absolute atomic E-state index is 11.8. The molecular weight excluding hydrogens is 206 g/mol. The third-order valence-electron chi connectivity index (χ3n) is 2.76. The van der Waals surface area contributed by atoms with Gasteiger partial charge in [-0.3, -0.25) is 10.1 Å². The van der Waals surface area contributed by atoms with Crippen molar-refractivity contribution in [2.45, 2.75) is 20.3 Å². The molecule has 0 aliphatic carbocycles. The van der Waals surface area contributed by atoms with Crippen molar-refractivity contribution in [1.82, 2.24) is 20.5 Å². The summed E-state index contributed by atoms with van der Waals surface area (Å²) in [4.78, 5) is 15.9. The molecule has 2 rings (SSSR count). The van der Waals surface area contributed by atoms with Gasteiger partial charge in [-0.1, -0.05) is 0 Å². The fraction of sp³-hybridized carbons (Fsp3) is 0.600. The van der Waals surface area contributed by atoms with Gasteiger partial charge in [0.1, 0.15) is 0 Å². The van der Waals surface area contributed by atoms with Crippen molar-refractivity contribution in [3.63, 3.8) is 0 Å². The molecule has 1 aromatic heterocycles. The van der Waals surface area contributed by atoms with Crippen molar-refractivity contribution in [2.24, 2.45) is 5.92 Å². The molecule has 1 amide bonds. The molecule has 0 aromatic carbocycles. The predicted octanol–water partition coefficient (Wildman–Crippen LogP) is 0.0364. The van der Waals surface area contributed by atoms with Crippen molar-refractivity contribution in [3.05, 3.63) is 11.4 Å². The minimum absolute atomic E-state index is 0.0187. The van der Waals surface area contributed by atoms with Crippen LogP contribution in [0.3, 0.4) is 0 Å². The third kappa shape index (κ3) is 2.33. The lowest BCUT2D eigenvalue weighted by Crippen LogP contribution is -2.26. The van der Waals surface area contributed by atoms with Crippen LogP contribution < -0.4 is 10.6 Å². The molecule has 1 unspecified atom stereocenters. The van der Waals surface area contributed by atoms with E-state index in [9.17, 15) is 4.79 Å². The molecule has 2 heterocycles. The molecule has 2 N–H and O–H groups in total. The maximum atomic E-state index is 11.8. The van der Waals surface area contributed by atoms with E-state index in [4.69, 9.17) is 0 Å². The van der Waals surface area contributed by atoms with Crippen LogP contribution >= 0.6 is 0 Å². The number of rotatable bonds is 2. The zero-order valence-corrected chi connectivity index (χ0v) is 9.45. The number of hydrogen-bond acceptors (Lipinski definition) is 5. The molecule has 6 nitrogen and oxygen atoms in total. The zero-order valence-electron chi connectivity index (χ0n) is 9.45. The normalized spacial score (nSPS) is 19.8. The lowest BCUT2D eigenvalue weighted by molar-refractivity contribution is -0.119. The Bertz CT molecular complexity index is 400. The molecule has 1 aliphatic heterocycles. The van der Waals surface area contributed by atoms with Crippen LogP contribution in [-0.2, 0) is 4.79 Å². The van der Waals surface area contributed by atoms with Crippen LogP contribution in [0.4, 0.5) is 5.95 Å². The highest BCUT2D eigenvalue weighted by atomic mass is 16.2. The molecule has 1 aliphatic rings. The second-order valence-corrected chi connectivity index (χ2v) is 3.99. The minimum atomic E-state index is -0.0324. The summed E-state index contributed by atoms with van der Waals surface area (Å²) in [5.74, 6) is 0.278. The Balaban J connectivity index is 2.02. The molecule has 0 radical (unpaired) electrons. The van der Waals surface area contributed by atoms with Crippen molar-refractivity contribution < 1.29 is 4.79 Å². The van der Waals surface area contributed by atoms with Crippen LogP contribution in [0.1, 0.15) is 17.8 Å². The summed E-state index contributed by atoms with van der Waals surface area (Å²) < 4.78 is 0. The molecule has 0 saturated carbocycles. The van der Waals surface area contributed by atoms with E-state index in [0.717, 1.165) is 30.9 Å². The summed E-state index contributed by atoms with van der Waals surface area (Å²) in [6.07, 6.45) is 0.865. The molecule has 0 spiro atoms. The number of hydrogen-bond donors (Lipinski definition) is 2. The molecule has 1 fully saturated rings. The van der Waals surface area contributed by atoms with Gasteiger partial charge >= 0.3 is 0 Å². The third-order valence-corrected chi connectivity index (χ3v) is 2.76. The monoisotopic (exact) mass is 221 g/mol. The van der Waals surface area contributed by atoms with Gasteiger partial charge in [-0.25, -0.2) is 4.98 Å². The average molecular weight is 221 g/mol. The molecule has 6 heteroatoms. The van der Waals surface area contributed by atoms with E-state index in [-0.39, 0.29) is 11.8 Å². The van der Waals surface area contributed by atoms with Crippen LogP contribution in [-0.4, -0.2) is 34.2 Å². The Morgan fingerprint density at radius 1 is 1.38 bits per heavy atom. The maximum Gasteiger partial charge on any atom is 0.249 e. The van der Waals surface area contributed by atoms with E-state index in [1.807, 2.05) is 13.8 Å².